The van der Waals surface area contributed by atoms with Crippen molar-refractivity contribution < 1.29 is 44.8 Å². The molecule has 5 nitrogen and oxygen atoms in total. The lowest BCUT2D eigenvalue weighted by atomic mass is 10.1. The zero-order chi connectivity index (χ0) is 30.5. The average molecular weight is 617 g/mol. The Bertz CT molecular complexity index is 1970. The molecule has 6 aromatic carbocycles. The minimum Gasteiger partial charge on any atom is -0.507 e. The van der Waals surface area contributed by atoms with Gasteiger partial charge in [-0.05, 0) is 34.4 Å². The molecule has 6 rings (SSSR count). The number of alkyl halides is 3. The summed E-state index contributed by atoms with van der Waals surface area (Å²) in [4.78, 5) is 0. The van der Waals surface area contributed by atoms with E-state index in [-0.39, 0.29) is 18.6 Å². The van der Waals surface area contributed by atoms with Crippen LogP contribution in [0.25, 0.3) is 32.3 Å². The first-order chi connectivity index (χ1) is 19.9. The topological polar surface area (TPSA) is 83.8 Å². The first-order valence-electron chi connectivity index (χ1n) is 12.1. The molecule has 43 heavy (non-hydrogen) atoms. The molecule has 0 aliphatic carbocycles. The lowest BCUT2D eigenvalue weighted by Crippen LogP contribution is -2.28. The highest BCUT2D eigenvalue weighted by Crippen LogP contribution is 2.34. The van der Waals surface area contributed by atoms with Crippen molar-refractivity contribution in [2.45, 2.75) is 12.9 Å². The SMILES string of the molecule is C.O=S(=O)(Oc1c(F)ccc2ccccc12)C(F)(F)F.Oc1c(F)ccc2ccccc12.Oc1cccc2ccccc12. The van der Waals surface area contributed by atoms with Crippen molar-refractivity contribution in [2.24, 2.45) is 0 Å². The maximum atomic E-state index is 13.5. The van der Waals surface area contributed by atoms with Crippen LogP contribution in [0, 0.1) is 11.6 Å². The van der Waals surface area contributed by atoms with Gasteiger partial charge in [0, 0.05) is 16.2 Å². The molecule has 0 spiro atoms. The van der Waals surface area contributed by atoms with Crippen LogP contribution in [0.5, 0.6) is 17.2 Å². The van der Waals surface area contributed by atoms with Gasteiger partial charge in [-0.2, -0.15) is 21.6 Å². The van der Waals surface area contributed by atoms with Crippen LogP contribution >= 0.6 is 0 Å². The Kier molecular flexibility index (Phi) is 10.2. The fourth-order valence-electron chi connectivity index (χ4n) is 3.89. The number of rotatable bonds is 2. The molecule has 0 aromatic heterocycles. The van der Waals surface area contributed by atoms with Crippen molar-refractivity contribution >= 4 is 42.4 Å². The molecule has 11 heteroatoms. The Morgan fingerprint density at radius 2 is 1.00 bits per heavy atom. The summed E-state index contributed by atoms with van der Waals surface area (Å²) in [6, 6.07) is 31.2. The van der Waals surface area contributed by atoms with Crippen molar-refractivity contribution in [1.82, 2.24) is 0 Å². The van der Waals surface area contributed by atoms with E-state index in [0.29, 0.717) is 16.5 Å². The van der Waals surface area contributed by atoms with Crippen molar-refractivity contribution in [3.05, 3.63) is 127 Å². The molecule has 6 aromatic rings. The molecule has 0 saturated carbocycles. The number of hydrogen-bond donors (Lipinski definition) is 2. The molecule has 0 aliphatic heterocycles. The van der Waals surface area contributed by atoms with Gasteiger partial charge in [0.05, 0.1) is 0 Å². The first kappa shape index (κ1) is 32.6. The van der Waals surface area contributed by atoms with Gasteiger partial charge in [0.15, 0.2) is 23.1 Å². The molecule has 0 heterocycles. The maximum Gasteiger partial charge on any atom is 0.534 e. The summed E-state index contributed by atoms with van der Waals surface area (Å²) >= 11 is 0. The summed E-state index contributed by atoms with van der Waals surface area (Å²) in [6.45, 7) is 0. The number of aromatic hydroxyl groups is 2. The highest BCUT2D eigenvalue weighted by Gasteiger charge is 2.49. The van der Waals surface area contributed by atoms with Crippen LogP contribution in [0.3, 0.4) is 0 Å². The van der Waals surface area contributed by atoms with E-state index in [0.717, 1.165) is 22.2 Å². The van der Waals surface area contributed by atoms with Crippen molar-refractivity contribution in [1.29, 1.82) is 0 Å². The Balaban J connectivity index is 0.000000183. The monoisotopic (exact) mass is 616 g/mol. The zero-order valence-electron chi connectivity index (χ0n) is 21.4. The van der Waals surface area contributed by atoms with E-state index in [4.69, 9.17) is 0 Å². The van der Waals surface area contributed by atoms with Gasteiger partial charge in [-0.1, -0.05) is 104 Å². The zero-order valence-corrected chi connectivity index (χ0v) is 22.2. The predicted octanol–water partition coefficient (Wildman–Crippen LogP) is 9.07. The molecule has 0 saturated heterocycles. The molecule has 0 fully saturated rings. The molecule has 0 aliphatic rings. The molecule has 224 valence electrons. The predicted molar refractivity (Wildman–Crippen MR) is 157 cm³/mol. The Hall–Kier alpha value is -4.90. The van der Waals surface area contributed by atoms with Crippen molar-refractivity contribution in [2.75, 3.05) is 0 Å². The summed E-state index contributed by atoms with van der Waals surface area (Å²) in [5, 5.41) is 22.3. The van der Waals surface area contributed by atoms with Gasteiger partial charge < -0.3 is 14.4 Å². The molecule has 0 unspecified atom stereocenters. The Labute approximate surface area is 244 Å². The van der Waals surface area contributed by atoms with Gasteiger partial charge in [0.2, 0.25) is 0 Å². The third kappa shape index (κ3) is 7.49. The van der Waals surface area contributed by atoms with E-state index < -0.39 is 33.0 Å². The molecular weight excluding hydrogens is 591 g/mol. The Morgan fingerprint density at radius 1 is 0.558 bits per heavy atom. The number of phenols is 2. The molecular formula is C32H25F5O5S. The van der Waals surface area contributed by atoms with E-state index in [1.165, 1.54) is 30.3 Å². The van der Waals surface area contributed by atoms with E-state index >= 15 is 0 Å². The van der Waals surface area contributed by atoms with Gasteiger partial charge in [-0.15, -0.1) is 0 Å². The van der Waals surface area contributed by atoms with Gasteiger partial charge in [0.1, 0.15) is 5.75 Å². The minimum atomic E-state index is -5.90. The number of phenolic OH excluding ortho intramolecular Hbond substituents is 2. The smallest absolute Gasteiger partial charge is 0.507 e. The quantitative estimate of drug-likeness (QED) is 0.115. The average Bonchev–Trinajstić information content (AvgIpc) is 2.97. The van der Waals surface area contributed by atoms with Crippen LogP contribution in [-0.2, 0) is 10.1 Å². The van der Waals surface area contributed by atoms with Crippen LogP contribution in [0.1, 0.15) is 7.43 Å². The summed E-state index contributed by atoms with van der Waals surface area (Å²) in [7, 11) is -5.90. The largest absolute Gasteiger partial charge is 0.534 e. The second-order valence-corrected chi connectivity index (χ2v) is 10.2. The van der Waals surface area contributed by atoms with Crippen LogP contribution in [0.15, 0.2) is 115 Å². The second-order valence-electron chi connectivity index (χ2n) is 8.70. The number of benzene rings is 6. The number of fused-ring (bicyclic) bond motifs is 3. The third-order valence-electron chi connectivity index (χ3n) is 5.93. The molecule has 2 N–H and O–H groups in total. The van der Waals surface area contributed by atoms with Gasteiger partial charge in [-0.25, -0.2) is 8.78 Å². The lowest BCUT2D eigenvalue weighted by Gasteiger charge is -2.12. The van der Waals surface area contributed by atoms with E-state index in [1.54, 1.807) is 30.3 Å². The van der Waals surface area contributed by atoms with Crippen LogP contribution in [0.4, 0.5) is 22.0 Å². The fourth-order valence-corrected chi connectivity index (χ4v) is 4.38. The van der Waals surface area contributed by atoms with Crippen LogP contribution < -0.4 is 4.18 Å². The fraction of sp³-hybridized carbons (Fsp3) is 0.0625. The lowest BCUT2D eigenvalue weighted by molar-refractivity contribution is -0.0500. The van der Waals surface area contributed by atoms with E-state index in [2.05, 4.69) is 4.18 Å². The highest BCUT2D eigenvalue weighted by atomic mass is 32.2. The summed E-state index contributed by atoms with van der Waals surface area (Å²) in [5.74, 6) is -2.65. The first-order valence-corrected chi connectivity index (χ1v) is 13.5. The van der Waals surface area contributed by atoms with Crippen molar-refractivity contribution in [3.63, 3.8) is 0 Å². The Morgan fingerprint density at radius 3 is 1.56 bits per heavy atom. The minimum absolute atomic E-state index is 0. The molecule has 0 bridgehead atoms. The maximum absolute atomic E-state index is 13.5. The van der Waals surface area contributed by atoms with E-state index in [1.807, 2.05) is 48.5 Å². The summed E-state index contributed by atoms with van der Waals surface area (Å²) in [6.07, 6.45) is 0. The number of hydrogen-bond acceptors (Lipinski definition) is 5. The normalized spacial score (nSPS) is 11.1. The second kappa shape index (κ2) is 13.4. The number of halogens is 5. The highest BCUT2D eigenvalue weighted by molar-refractivity contribution is 7.88. The van der Waals surface area contributed by atoms with E-state index in [9.17, 15) is 40.6 Å². The summed E-state index contributed by atoms with van der Waals surface area (Å²) < 4.78 is 88.6. The molecule has 0 radical (unpaired) electrons. The van der Waals surface area contributed by atoms with Gasteiger partial charge in [0.25, 0.3) is 0 Å². The molecule has 0 amide bonds. The third-order valence-corrected chi connectivity index (χ3v) is 6.88. The van der Waals surface area contributed by atoms with Crippen LogP contribution in [0.2, 0.25) is 0 Å². The van der Waals surface area contributed by atoms with Gasteiger partial charge in [-0.3, -0.25) is 0 Å². The summed E-state index contributed by atoms with van der Waals surface area (Å²) in [5.41, 5.74) is -5.61. The standard InChI is InChI=1S/C11H6F4O3S.C10H7FO.C10H8O.CH4/c12-9-6-5-7-3-1-2-4-8(7)10(9)18-19(16,17)11(13,14)15;11-9-6-5-7-3-1-2-4-8(7)10(9)12;11-10-7-3-5-8-4-1-2-6-9(8)10;/h1-6H;1-6,12H;1-7,11H;1H4. The van der Waals surface area contributed by atoms with Gasteiger partial charge >= 0.3 is 15.6 Å². The van der Waals surface area contributed by atoms with Crippen molar-refractivity contribution in [3.8, 4) is 17.2 Å². The molecule has 0 atom stereocenters. The van der Waals surface area contributed by atoms with Crippen LogP contribution in [-0.4, -0.2) is 24.1 Å².